The Bertz CT molecular complexity index is 1730. The van der Waals surface area contributed by atoms with Crippen LogP contribution in [0, 0.1) is 6.92 Å². The third kappa shape index (κ3) is 7.80. The predicted octanol–water partition coefficient (Wildman–Crippen LogP) is 2.15. The molecule has 46 heavy (non-hydrogen) atoms. The second-order valence-corrected chi connectivity index (χ2v) is 10.9. The van der Waals surface area contributed by atoms with Gasteiger partial charge in [-0.05, 0) is 61.8 Å². The number of rotatable bonds is 13. The van der Waals surface area contributed by atoms with Gasteiger partial charge in [0.05, 0.1) is 31.0 Å². The summed E-state index contributed by atoms with van der Waals surface area (Å²) >= 11 is 6.19. The zero-order valence-electron chi connectivity index (χ0n) is 25.4. The maximum absolute atomic E-state index is 12.7. The summed E-state index contributed by atoms with van der Waals surface area (Å²) in [6.45, 7) is 5.30. The minimum Gasteiger partial charge on any atom is -0.491 e. The van der Waals surface area contributed by atoms with E-state index in [-0.39, 0.29) is 50.1 Å². The molecule has 0 saturated carbocycles. The average molecular weight is 645 g/mol. The first-order chi connectivity index (χ1) is 22.2. The molecule has 1 aliphatic rings. The zero-order chi connectivity index (χ0) is 32.6. The fourth-order valence-corrected chi connectivity index (χ4v) is 5.21. The van der Waals surface area contributed by atoms with Gasteiger partial charge in [-0.25, -0.2) is 0 Å². The molecule has 4 aromatic rings. The Morgan fingerprint density at radius 1 is 1.00 bits per heavy atom. The van der Waals surface area contributed by atoms with Crippen molar-refractivity contribution in [2.24, 2.45) is 4.99 Å². The smallest absolute Gasteiger partial charge is 0.488 e. The Hall–Kier alpha value is -4.56. The van der Waals surface area contributed by atoms with Gasteiger partial charge in [0, 0.05) is 34.8 Å². The van der Waals surface area contributed by atoms with Crippen LogP contribution in [-0.4, -0.2) is 82.4 Å². The van der Waals surface area contributed by atoms with Crippen molar-refractivity contribution < 1.29 is 29.1 Å². The van der Waals surface area contributed by atoms with Crippen molar-refractivity contribution in [1.82, 2.24) is 25.4 Å². The molecule has 0 fully saturated rings. The number of aryl methyl sites for hydroxylation is 1. The van der Waals surface area contributed by atoms with E-state index in [0.717, 1.165) is 16.8 Å². The van der Waals surface area contributed by atoms with Crippen LogP contribution in [0.15, 0.2) is 71.7 Å². The number of nitrogens with one attached hydrogen (secondary N) is 2. The van der Waals surface area contributed by atoms with Gasteiger partial charge in [-0.15, -0.1) is 10.2 Å². The number of amides is 2. The van der Waals surface area contributed by atoms with Crippen molar-refractivity contribution >= 4 is 41.7 Å². The molecule has 1 aromatic heterocycles. The van der Waals surface area contributed by atoms with Crippen molar-refractivity contribution in [3.05, 3.63) is 100 Å². The minimum absolute atomic E-state index is 0.108. The van der Waals surface area contributed by atoms with Crippen molar-refractivity contribution in [2.45, 2.75) is 26.3 Å². The van der Waals surface area contributed by atoms with Gasteiger partial charge in [0.15, 0.2) is 5.82 Å². The van der Waals surface area contributed by atoms with Gasteiger partial charge < -0.3 is 30.2 Å². The monoisotopic (exact) mass is 644 g/mol. The molecule has 1 unspecified atom stereocenters. The Kier molecular flexibility index (Phi) is 10.8. The normalized spacial score (nSPS) is 13.6. The van der Waals surface area contributed by atoms with Crippen LogP contribution >= 0.6 is 11.6 Å². The van der Waals surface area contributed by atoms with E-state index in [0.29, 0.717) is 40.2 Å². The van der Waals surface area contributed by atoms with Crippen LogP contribution in [-0.2, 0) is 9.53 Å². The van der Waals surface area contributed by atoms with Gasteiger partial charge in [-0.3, -0.25) is 19.1 Å². The molecule has 0 aliphatic carbocycles. The first-order valence-corrected chi connectivity index (χ1v) is 15.2. The molecule has 0 radical (unpaired) electrons. The number of ether oxygens (including phenoxy) is 2. The standard InChI is InChI=1S/C32H34BClN6O6/c1-3-35-29(41)19-27-31-39-38-20(2)40(31)28-12-11-25(18-26(28)30(37-27)21-7-9-24(34)10-8-21)46-16-15-45-14-13-36-32(42)22-5-4-6-23(17-22)33(43)44/h4-12,17-18,27,43-44H,3,13-16,19H2,1-2H3,(H,35,41)(H,36,42). The van der Waals surface area contributed by atoms with Crippen molar-refractivity contribution in [3.63, 3.8) is 0 Å². The highest BCUT2D eigenvalue weighted by Gasteiger charge is 2.30. The highest BCUT2D eigenvalue weighted by Crippen LogP contribution is 2.34. The Morgan fingerprint density at radius 2 is 1.80 bits per heavy atom. The topological polar surface area (TPSA) is 160 Å². The van der Waals surface area contributed by atoms with E-state index < -0.39 is 13.2 Å². The molecule has 5 rings (SSSR count). The molecule has 14 heteroatoms. The summed E-state index contributed by atoms with van der Waals surface area (Å²) in [5.74, 6) is 1.35. The van der Waals surface area contributed by atoms with Crippen LogP contribution < -0.4 is 20.8 Å². The third-order valence-electron chi connectivity index (χ3n) is 7.24. The minimum atomic E-state index is -1.65. The fraction of sp³-hybridized carbons (Fsp3) is 0.281. The summed E-state index contributed by atoms with van der Waals surface area (Å²) < 4.78 is 13.6. The Balaban J connectivity index is 1.27. The summed E-state index contributed by atoms with van der Waals surface area (Å²) in [7, 11) is -1.65. The molecule has 1 atom stereocenters. The maximum atomic E-state index is 12.7. The lowest BCUT2D eigenvalue weighted by atomic mass is 9.79. The number of carbonyl (C=O) groups is 2. The molecule has 238 valence electrons. The number of hydrogen-bond donors (Lipinski definition) is 4. The molecule has 0 bridgehead atoms. The number of aliphatic imine (C=N–C) groups is 1. The number of halogens is 1. The zero-order valence-corrected chi connectivity index (χ0v) is 26.2. The van der Waals surface area contributed by atoms with Gasteiger partial charge in [-0.2, -0.15) is 0 Å². The summed E-state index contributed by atoms with van der Waals surface area (Å²) in [6, 6.07) is 18.6. The summed E-state index contributed by atoms with van der Waals surface area (Å²) in [4.78, 5) is 30.1. The van der Waals surface area contributed by atoms with E-state index in [1.54, 1.807) is 24.3 Å². The molecular formula is C32H34BClN6O6. The second kappa shape index (κ2) is 15.2. The Morgan fingerprint density at radius 3 is 2.57 bits per heavy atom. The van der Waals surface area contributed by atoms with E-state index >= 15 is 0 Å². The number of benzene rings is 3. The van der Waals surface area contributed by atoms with Crippen LogP contribution in [0.2, 0.25) is 5.02 Å². The highest BCUT2D eigenvalue weighted by molar-refractivity contribution is 6.58. The molecule has 3 aromatic carbocycles. The van der Waals surface area contributed by atoms with Crippen LogP contribution in [0.3, 0.4) is 0 Å². The largest absolute Gasteiger partial charge is 0.491 e. The van der Waals surface area contributed by atoms with E-state index in [1.807, 2.05) is 48.7 Å². The maximum Gasteiger partial charge on any atom is 0.488 e. The number of carbonyl (C=O) groups excluding carboxylic acids is 2. The second-order valence-electron chi connectivity index (χ2n) is 10.5. The molecule has 2 heterocycles. The van der Waals surface area contributed by atoms with E-state index in [2.05, 4.69) is 20.8 Å². The number of aromatic nitrogens is 3. The first kappa shape index (κ1) is 32.8. The fourth-order valence-electron chi connectivity index (χ4n) is 5.08. The molecule has 0 spiro atoms. The highest BCUT2D eigenvalue weighted by atomic mass is 35.5. The van der Waals surface area contributed by atoms with Gasteiger partial charge >= 0.3 is 7.12 Å². The molecule has 12 nitrogen and oxygen atoms in total. The molecule has 4 N–H and O–H groups in total. The molecule has 1 aliphatic heterocycles. The lowest BCUT2D eigenvalue weighted by Crippen LogP contribution is -2.32. The number of fused-ring (bicyclic) bond motifs is 3. The first-order valence-electron chi connectivity index (χ1n) is 14.9. The van der Waals surface area contributed by atoms with E-state index in [1.165, 1.54) is 12.1 Å². The van der Waals surface area contributed by atoms with Crippen LogP contribution in [0.25, 0.3) is 5.69 Å². The summed E-state index contributed by atoms with van der Waals surface area (Å²) in [5.41, 5.74) is 3.64. The third-order valence-corrected chi connectivity index (χ3v) is 7.49. The summed E-state index contributed by atoms with van der Waals surface area (Å²) in [5, 5.41) is 33.5. The number of nitrogens with zero attached hydrogens (tertiary/aromatic N) is 4. The van der Waals surface area contributed by atoms with Crippen molar-refractivity contribution in [1.29, 1.82) is 0 Å². The van der Waals surface area contributed by atoms with Crippen LogP contribution in [0.4, 0.5) is 0 Å². The van der Waals surface area contributed by atoms with E-state index in [4.69, 9.17) is 26.1 Å². The molecular weight excluding hydrogens is 611 g/mol. The molecule has 2 amide bonds. The number of hydrogen-bond acceptors (Lipinski definition) is 9. The van der Waals surface area contributed by atoms with Crippen molar-refractivity contribution in [2.75, 3.05) is 32.9 Å². The van der Waals surface area contributed by atoms with Gasteiger partial charge in [0.2, 0.25) is 5.91 Å². The quantitative estimate of drug-likeness (QED) is 0.127. The van der Waals surface area contributed by atoms with Crippen LogP contribution in [0.1, 0.15) is 52.5 Å². The Labute approximate surface area is 271 Å². The molecule has 0 saturated heterocycles. The van der Waals surface area contributed by atoms with Crippen molar-refractivity contribution in [3.8, 4) is 11.4 Å². The predicted molar refractivity (Wildman–Crippen MR) is 174 cm³/mol. The SMILES string of the molecule is CCNC(=O)CC1N=C(c2ccc(Cl)cc2)c2cc(OCCOCCNC(=O)c3cccc(B(O)O)c3)ccc2-n2c(C)nnc21. The lowest BCUT2D eigenvalue weighted by molar-refractivity contribution is -0.121. The van der Waals surface area contributed by atoms with Gasteiger partial charge in [0.1, 0.15) is 24.2 Å². The van der Waals surface area contributed by atoms with Gasteiger partial charge in [-0.1, -0.05) is 35.9 Å². The van der Waals surface area contributed by atoms with Crippen LogP contribution in [0.5, 0.6) is 5.75 Å². The average Bonchev–Trinajstić information content (AvgIpc) is 3.37. The lowest BCUT2D eigenvalue weighted by Gasteiger charge is -2.15. The van der Waals surface area contributed by atoms with Gasteiger partial charge in [0.25, 0.3) is 5.91 Å². The van der Waals surface area contributed by atoms with E-state index in [9.17, 15) is 19.6 Å². The summed E-state index contributed by atoms with van der Waals surface area (Å²) in [6.07, 6.45) is 0.108.